The molecule has 1 fully saturated rings. The number of carbonyl (C=O) groups is 2. The van der Waals surface area contributed by atoms with Crippen LogP contribution in [0.2, 0.25) is 0 Å². The number of aliphatic hydroxyl groups excluding tert-OH is 1. The average Bonchev–Trinajstić information content (AvgIpc) is 2.59. The minimum Gasteiger partial charge on any atom is -0.395 e. The first-order valence-electron chi connectivity index (χ1n) is 4.78. The molecule has 16 heavy (non-hydrogen) atoms. The normalized spacial score (nSPS) is 30.3. The van der Waals surface area contributed by atoms with Gasteiger partial charge in [-0.2, -0.15) is 0 Å². The molecule has 0 saturated carbocycles. The van der Waals surface area contributed by atoms with Gasteiger partial charge in [-0.3, -0.25) is 15.0 Å². The van der Waals surface area contributed by atoms with E-state index >= 15 is 0 Å². The van der Waals surface area contributed by atoms with E-state index in [1.807, 2.05) is 0 Å². The van der Waals surface area contributed by atoms with Crippen molar-refractivity contribution in [3.8, 4) is 0 Å². The largest absolute Gasteiger partial charge is 0.395 e. The predicted octanol–water partition coefficient (Wildman–Crippen LogP) is -1.32. The molecular formula is C8H12N4O3S. The fraction of sp³-hybridized carbons (Fsp3) is 0.625. The molecule has 2 rings (SSSR count). The first-order chi connectivity index (χ1) is 7.61. The van der Waals surface area contributed by atoms with Gasteiger partial charge in [0, 0.05) is 6.42 Å². The highest BCUT2D eigenvalue weighted by molar-refractivity contribution is 8.01. The zero-order chi connectivity index (χ0) is 11.7. The van der Waals surface area contributed by atoms with Crippen molar-refractivity contribution in [3.05, 3.63) is 0 Å². The van der Waals surface area contributed by atoms with Crippen LogP contribution in [0.3, 0.4) is 0 Å². The summed E-state index contributed by atoms with van der Waals surface area (Å²) in [5.41, 5.74) is 5.34. The predicted molar refractivity (Wildman–Crippen MR) is 58.7 cm³/mol. The van der Waals surface area contributed by atoms with Crippen LogP contribution < -0.4 is 11.1 Å². The third-order valence-electron chi connectivity index (χ3n) is 2.46. The molecule has 88 valence electrons. The minimum atomic E-state index is -0.430. The van der Waals surface area contributed by atoms with Crippen LogP contribution in [0.5, 0.6) is 0 Å². The molecule has 0 aromatic carbocycles. The molecule has 0 spiro atoms. The Hall–Kier alpha value is -1.28. The third-order valence-corrected chi connectivity index (χ3v) is 3.93. The number of carbonyl (C=O) groups excluding carboxylic acids is 2. The molecule has 0 aliphatic carbocycles. The second-order valence-electron chi connectivity index (χ2n) is 3.52. The first-order valence-corrected chi connectivity index (χ1v) is 5.72. The van der Waals surface area contributed by atoms with E-state index in [9.17, 15) is 9.59 Å². The smallest absolute Gasteiger partial charge is 0.326 e. The highest BCUT2D eigenvalue weighted by Crippen LogP contribution is 2.33. The van der Waals surface area contributed by atoms with Crippen molar-refractivity contribution in [1.29, 1.82) is 0 Å². The third kappa shape index (κ3) is 1.98. The summed E-state index contributed by atoms with van der Waals surface area (Å²) >= 11 is 1.29. The maximum absolute atomic E-state index is 11.6. The summed E-state index contributed by atoms with van der Waals surface area (Å²) in [4.78, 5) is 28.3. The molecule has 4 N–H and O–H groups in total. The van der Waals surface area contributed by atoms with Gasteiger partial charge in [0.1, 0.15) is 6.67 Å². The Labute approximate surface area is 96.1 Å². The van der Waals surface area contributed by atoms with Gasteiger partial charge >= 0.3 is 6.03 Å². The van der Waals surface area contributed by atoms with Gasteiger partial charge in [0.05, 0.1) is 17.2 Å². The van der Waals surface area contributed by atoms with Gasteiger partial charge < -0.3 is 10.8 Å². The molecule has 0 aromatic heterocycles. The maximum atomic E-state index is 11.6. The Balaban J connectivity index is 2.05. The molecule has 2 unspecified atom stereocenters. The summed E-state index contributed by atoms with van der Waals surface area (Å²) in [5.74, 6) is 0.0575. The number of nitrogens with zero attached hydrogens (tertiary/aromatic N) is 2. The van der Waals surface area contributed by atoms with Crippen LogP contribution in [0, 0.1) is 0 Å². The van der Waals surface area contributed by atoms with E-state index in [1.54, 1.807) is 0 Å². The molecular weight excluding hydrogens is 232 g/mol. The number of amides is 2. The number of aliphatic hydroxyl groups is 1. The molecule has 0 aromatic rings. The summed E-state index contributed by atoms with van der Waals surface area (Å²) in [5, 5.41) is 10.6. The van der Waals surface area contributed by atoms with Crippen molar-refractivity contribution in [2.75, 3.05) is 13.3 Å². The zero-order valence-electron chi connectivity index (χ0n) is 8.42. The fourth-order valence-electron chi connectivity index (χ4n) is 1.60. The lowest BCUT2D eigenvalue weighted by Crippen LogP contribution is -2.53. The van der Waals surface area contributed by atoms with E-state index in [-0.39, 0.29) is 42.8 Å². The number of thioether (sulfide) groups is 1. The molecule has 2 amide bonds. The van der Waals surface area contributed by atoms with E-state index in [0.29, 0.717) is 0 Å². The number of aliphatic imine (C=N–C) groups is 1. The maximum Gasteiger partial charge on any atom is 0.326 e. The quantitative estimate of drug-likeness (QED) is 0.558. The molecule has 0 bridgehead atoms. The highest BCUT2D eigenvalue weighted by Gasteiger charge is 2.38. The second kappa shape index (κ2) is 4.30. The Morgan fingerprint density at radius 2 is 2.38 bits per heavy atom. The van der Waals surface area contributed by atoms with E-state index in [2.05, 4.69) is 10.3 Å². The molecule has 2 aliphatic rings. The van der Waals surface area contributed by atoms with Crippen molar-refractivity contribution in [2.45, 2.75) is 17.0 Å². The van der Waals surface area contributed by atoms with Crippen molar-refractivity contribution >= 4 is 29.5 Å². The van der Waals surface area contributed by atoms with Crippen LogP contribution in [0.1, 0.15) is 6.42 Å². The summed E-state index contributed by atoms with van der Waals surface area (Å²) in [7, 11) is 0. The molecule has 7 nitrogen and oxygen atoms in total. The standard InChI is InChI=1S/C8H12N4O3S/c9-7-10-3-12(8(15)11-7)6-1-4(14)5(2-13)16-6/h5-6,13H,1-3H2,(H3,9,10,11,15). The van der Waals surface area contributed by atoms with Crippen molar-refractivity contribution < 1.29 is 14.7 Å². The zero-order valence-corrected chi connectivity index (χ0v) is 9.24. The fourth-order valence-corrected chi connectivity index (χ4v) is 2.89. The van der Waals surface area contributed by atoms with E-state index in [1.165, 1.54) is 16.7 Å². The number of rotatable bonds is 2. The monoisotopic (exact) mass is 244 g/mol. The van der Waals surface area contributed by atoms with Crippen LogP contribution in [0.25, 0.3) is 0 Å². The van der Waals surface area contributed by atoms with Gasteiger partial charge in [-0.15, -0.1) is 11.8 Å². The highest BCUT2D eigenvalue weighted by atomic mass is 32.2. The molecule has 0 radical (unpaired) electrons. The topological polar surface area (TPSA) is 108 Å². The molecule has 8 heteroatoms. The van der Waals surface area contributed by atoms with Crippen molar-refractivity contribution in [1.82, 2.24) is 10.2 Å². The molecule has 2 heterocycles. The van der Waals surface area contributed by atoms with E-state index in [0.717, 1.165) is 0 Å². The number of guanidine groups is 1. The van der Waals surface area contributed by atoms with Gasteiger partial charge in [0.25, 0.3) is 0 Å². The average molecular weight is 244 g/mol. The van der Waals surface area contributed by atoms with Crippen LogP contribution in [0.4, 0.5) is 4.79 Å². The van der Waals surface area contributed by atoms with Crippen LogP contribution >= 0.6 is 11.8 Å². The lowest BCUT2D eigenvalue weighted by Gasteiger charge is -2.29. The number of nitrogens with one attached hydrogen (secondary N) is 1. The number of urea groups is 1. The van der Waals surface area contributed by atoms with Gasteiger partial charge in [-0.25, -0.2) is 9.79 Å². The molecule has 2 aliphatic heterocycles. The lowest BCUT2D eigenvalue weighted by molar-refractivity contribution is -0.118. The lowest BCUT2D eigenvalue weighted by atomic mass is 10.2. The van der Waals surface area contributed by atoms with Gasteiger partial charge in [0.15, 0.2) is 11.7 Å². The van der Waals surface area contributed by atoms with Crippen molar-refractivity contribution in [3.63, 3.8) is 0 Å². The SMILES string of the molecule is NC1=NCN(C2CC(=O)C(CO)S2)C(=O)N1. The van der Waals surface area contributed by atoms with Crippen molar-refractivity contribution in [2.24, 2.45) is 10.7 Å². The van der Waals surface area contributed by atoms with Gasteiger partial charge in [0.2, 0.25) is 0 Å². The molecule has 1 saturated heterocycles. The first kappa shape index (κ1) is 11.2. The number of Topliss-reactive ketones (excluding diaryl/α,β-unsaturated/α-hetero) is 1. The van der Waals surface area contributed by atoms with E-state index < -0.39 is 5.25 Å². The number of hydrogen-bond donors (Lipinski definition) is 3. The second-order valence-corrected chi connectivity index (χ2v) is 4.90. The summed E-state index contributed by atoms with van der Waals surface area (Å²) in [6.45, 7) is -0.0401. The number of ketones is 1. The summed E-state index contributed by atoms with van der Waals surface area (Å²) in [6.07, 6.45) is 0.249. The van der Waals surface area contributed by atoms with Gasteiger partial charge in [-0.1, -0.05) is 0 Å². The summed E-state index contributed by atoms with van der Waals surface area (Å²) in [6, 6.07) is -0.351. The van der Waals surface area contributed by atoms with Crippen LogP contribution in [-0.2, 0) is 4.79 Å². The van der Waals surface area contributed by atoms with Gasteiger partial charge in [-0.05, 0) is 0 Å². The van der Waals surface area contributed by atoms with E-state index in [4.69, 9.17) is 10.8 Å². The Kier molecular flexibility index (Phi) is 3.01. The van der Waals surface area contributed by atoms with Crippen LogP contribution in [0.15, 0.2) is 4.99 Å². The Morgan fingerprint density at radius 3 is 2.94 bits per heavy atom. The Bertz CT molecular complexity index is 359. The molecule has 2 atom stereocenters. The Morgan fingerprint density at radius 1 is 1.62 bits per heavy atom. The summed E-state index contributed by atoms with van der Waals surface area (Å²) < 4.78 is 0. The number of hydrogen-bond acceptors (Lipinski definition) is 6. The van der Waals surface area contributed by atoms with Crippen LogP contribution in [-0.4, -0.2) is 51.7 Å². The number of nitrogens with two attached hydrogens (primary N) is 1. The minimum absolute atomic E-state index is 0.0344.